The second-order valence-electron chi connectivity index (χ2n) is 2.47. The summed E-state index contributed by atoms with van der Waals surface area (Å²) in [6.07, 6.45) is 0. The second-order valence-corrected chi connectivity index (χ2v) is 3.09. The second kappa shape index (κ2) is 3.63. The van der Waals surface area contributed by atoms with Crippen molar-refractivity contribution < 1.29 is 4.74 Å². The molecule has 1 nitrogen and oxygen atoms in total. The third-order valence-electron chi connectivity index (χ3n) is 1.32. The number of ether oxygens (including phenoxy) is 1. The molecule has 11 heavy (non-hydrogen) atoms. The van der Waals surface area contributed by atoms with Gasteiger partial charge < -0.3 is 4.74 Å². The largest absolute Gasteiger partial charge is 0.475 e. The molecule has 0 aliphatic carbocycles. The van der Waals surface area contributed by atoms with Gasteiger partial charge in [-0.2, -0.15) is 0 Å². The lowest BCUT2D eigenvalue weighted by Gasteiger charge is -2.06. The molecule has 0 amide bonds. The van der Waals surface area contributed by atoms with Crippen molar-refractivity contribution in [3.05, 3.63) is 29.8 Å². The minimum Gasteiger partial charge on any atom is -0.475 e. The Kier molecular flexibility index (Phi) is 2.77. The summed E-state index contributed by atoms with van der Waals surface area (Å²) in [6, 6.07) is 7.81. The van der Waals surface area contributed by atoms with Gasteiger partial charge in [0.25, 0.3) is 0 Å². The zero-order valence-electron chi connectivity index (χ0n) is 6.67. The Bertz CT molecular complexity index is 216. The van der Waals surface area contributed by atoms with Crippen LogP contribution in [0.5, 0.6) is 5.75 Å². The molecule has 0 radical (unpaired) electrons. The molecule has 1 aromatic rings. The number of benzene rings is 1. The summed E-state index contributed by atoms with van der Waals surface area (Å²) in [5.41, 5.74) is 0.956. The summed E-state index contributed by atoms with van der Waals surface area (Å²) in [6.45, 7) is 3.83. The van der Waals surface area contributed by atoms with Crippen LogP contribution in [0.4, 0.5) is 0 Å². The van der Waals surface area contributed by atoms with Gasteiger partial charge in [-0.05, 0) is 26.0 Å². The Morgan fingerprint density at radius 1 is 1.27 bits per heavy atom. The first-order valence-electron chi connectivity index (χ1n) is 3.56. The molecule has 0 spiro atoms. The van der Waals surface area contributed by atoms with Gasteiger partial charge in [0, 0.05) is 0 Å². The molecule has 60 valence electrons. The summed E-state index contributed by atoms with van der Waals surface area (Å²) in [5, 5.41) is 0. The van der Waals surface area contributed by atoms with Crippen molar-refractivity contribution in [2.45, 2.75) is 19.4 Å². The first-order valence-corrected chi connectivity index (χ1v) is 3.99. The van der Waals surface area contributed by atoms with Gasteiger partial charge in [-0.1, -0.05) is 29.3 Å². The lowest BCUT2D eigenvalue weighted by atomic mass is 10.2. The minimum atomic E-state index is -0.266. The lowest BCUT2D eigenvalue weighted by Crippen LogP contribution is -2.01. The Morgan fingerprint density at radius 3 is 2.27 bits per heavy atom. The number of aryl methyl sites for hydroxylation is 1. The highest BCUT2D eigenvalue weighted by Crippen LogP contribution is 2.13. The van der Waals surface area contributed by atoms with Crippen LogP contribution in [0.15, 0.2) is 24.3 Å². The molecule has 1 unspecified atom stereocenters. The Hall–Kier alpha value is -0.690. The fraction of sp³-hybridized carbons (Fsp3) is 0.333. The molecule has 2 heteroatoms. The standard InChI is InChI=1S/C9H11ClO/c1-7-3-5-9(6-4-7)11-8(2)10/h3-6,8H,1-2H3. The fourth-order valence-electron chi connectivity index (χ4n) is 0.804. The smallest absolute Gasteiger partial charge is 0.169 e. The molecule has 1 rings (SSSR count). The predicted octanol–water partition coefficient (Wildman–Crippen LogP) is 2.96. The van der Waals surface area contributed by atoms with Crippen LogP contribution in [0.2, 0.25) is 0 Å². The highest BCUT2D eigenvalue weighted by molar-refractivity contribution is 6.19. The van der Waals surface area contributed by atoms with E-state index >= 15 is 0 Å². The summed E-state index contributed by atoms with van der Waals surface area (Å²) in [7, 11) is 0. The van der Waals surface area contributed by atoms with Gasteiger partial charge in [0.1, 0.15) is 5.75 Å². The van der Waals surface area contributed by atoms with Crippen LogP contribution >= 0.6 is 11.6 Å². The molecule has 1 atom stereocenters. The molecule has 0 aromatic heterocycles. The average molecular weight is 171 g/mol. The first-order chi connectivity index (χ1) is 5.18. The van der Waals surface area contributed by atoms with Crippen molar-refractivity contribution in [2.24, 2.45) is 0 Å². The third kappa shape index (κ3) is 2.81. The third-order valence-corrected chi connectivity index (χ3v) is 1.41. The van der Waals surface area contributed by atoms with Crippen LogP contribution in [0.1, 0.15) is 12.5 Å². The maximum atomic E-state index is 5.63. The van der Waals surface area contributed by atoms with E-state index in [1.54, 1.807) is 6.92 Å². The van der Waals surface area contributed by atoms with Crippen molar-refractivity contribution in [1.82, 2.24) is 0 Å². The van der Waals surface area contributed by atoms with Gasteiger partial charge in [-0.15, -0.1) is 0 Å². The zero-order chi connectivity index (χ0) is 8.27. The number of rotatable bonds is 2. The van der Waals surface area contributed by atoms with E-state index in [1.807, 2.05) is 31.2 Å². The van der Waals surface area contributed by atoms with Crippen molar-refractivity contribution in [3.8, 4) is 5.75 Å². The maximum absolute atomic E-state index is 5.63. The van der Waals surface area contributed by atoms with Crippen molar-refractivity contribution in [1.29, 1.82) is 0 Å². The first kappa shape index (κ1) is 8.41. The van der Waals surface area contributed by atoms with E-state index in [1.165, 1.54) is 5.56 Å². The van der Waals surface area contributed by atoms with Crippen LogP contribution in [-0.2, 0) is 0 Å². The van der Waals surface area contributed by atoms with Crippen molar-refractivity contribution >= 4 is 11.6 Å². The van der Waals surface area contributed by atoms with Crippen LogP contribution in [0.3, 0.4) is 0 Å². The summed E-state index contributed by atoms with van der Waals surface area (Å²) in [4.78, 5) is 0. The molecule has 0 N–H and O–H groups in total. The minimum absolute atomic E-state index is 0.266. The van der Waals surface area contributed by atoms with E-state index in [2.05, 4.69) is 0 Å². The summed E-state index contributed by atoms with van der Waals surface area (Å²) < 4.78 is 5.23. The normalized spacial score (nSPS) is 12.6. The Balaban J connectivity index is 2.66. The van der Waals surface area contributed by atoms with Crippen LogP contribution in [0.25, 0.3) is 0 Å². The molecule has 0 aliphatic rings. The topological polar surface area (TPSA) is 9.23 Å². The zero-order valence-corrected chi connectivity index (χ0v) is 7.43. The fourth-order valence-corrected chi connectivity index (χ4v) is 0.907. The Morgan fingerprint density at radius 2 is 1.82 bits per heavy atom. The lowest BCUT2D eigenvalue weighted by molar-refractivity contribution is 0.301. The van der Waals surface area contributed by atoms with E-state index in [0.29, 0.717) is 0 Å². The number of alkyl halides is 1. The summed E-state index contributed by atoms with van der Waals surface area (Å²) in [5.74, 6) is 0.818. The SMILES string of the molecule is Cc1ccc(OC(C)Cl)cc1. The van der Waals surface area contributed by atoms with E-state index in [9.17, 15) is 0 Å². The number of hydrogen-bond donors (Lipinski definition) is 0. The molecule has 0 saturated heterocycles. The molecule has 0 aliphatic heterocycles. The van der Waals surface area contributed by atoms with Gasteiger partial charge in [0.05, 0.1) is 0 Å². The highest BCUT2D eigenvalue weighted by Gasteiger charge is 1.96. The van der Waals surface area contributed by atoms with Gasteiger partial charge in [-0.3, -0.25) is 0 Å². The monoisotopic (exact) mass is 170 g/mol. The summed E-state index contributed by atoms with van der Waals surface area (Å²) >= 11 is 5.63. The molecular formula is C9H11ClO. The average Bonchev–Trinajstić information content (AvgIpc) is 1.93. The van der Waals surface area contributed by atoms with Gasteiger partial charge in [0.15, 0.2) is 5.56 Å². The molecule has 0 saturated carbocycles. The van der Waals surface area contributed by atoms with Crippen molar-refractivity contribution in [3.63, 3.8) is 0 Å². The van der Waals surface area contributed by atoms with Gasteiger partial charge >= 0.3 is 0 Å². The van der Waals surface area contributed by atoms with E-state index < -0.39 is 0 Å². The van der Waals surface area contributed by atoms with Crippen molar-refractivity contribution in [2.75, 3.05) is 0 Å². The quantitative estimate of drug-likeness (QED) is 0.621. The molecule has 0 fully saturated rings. The van der Waals surface area contributed by atoms with Gasteiger partial charge in [-0.25, -0.2) is 0 Å². The highest BCUT2D eigenvalue weighted by atomic mass is 35.5. The van der Waals surface area contributed by atoms with E-state index in [4.69, 9.17) is 16.3 Å². The van der Waals surface area contributed by atoms with Crippen LogP contribution < -0.4 is 4.74 Å². The number of halogens is 1. The molecule has 0 heterocycles. The van der Waals surface area contributed by atoms with E-state index in [0.717, 1.165) is 5.75 Å². The van der Waals surface area contributed by atoms with E-state index in [-0.39, 0.29) is 5.56 Å². The Labute approximate surface area is 71.9 Å². The molecule has 1 aromatic carbocycles. The van der Waals surface area contributed by atoms with Crippen LogP contribution in [0, 0.1) is 6.92 Å². The maximum Gasteiger partial charge on any atom is 0.169 e. The molecule has 0 bridgehead atoms. The predicted molar refractivity (Wildman–Crippen MR) is 47.1 cm³/mol. The van der Waals surface area contributed by atoms with Crippen LogP contribution in [-0.4, -0.2) is 5.56 Å². The molecular weight excluding hydrogens is 160 g/mol. The van der Waals surface area contributed by atoms with Gasteiger partial charge in [0.2, 0.25) is 0 Å². The number of hydrogen-bond acceptors (Lipinski definition) is 1.